The summed E-state index contributed by atoms with van der Waals surface area (Å²) in [5.41, 5.74) is 4.09. The molecule has 8 heteroatoms. The lowest BCUT2D eigenvalue weighted by atomic mass is 10.2. The summed E-state index contributed by atoms with van der Waals surface area (Å²) in [6.07, 6.45) is 1.43. The third kappa shape index (κ3) is 6.40. The van der Waals surface area contributed by atoms with Gasteiger partial charge >= 0.3 is 0 Å². The van der Waals surface area contributed by atoms with E-state index in [-0.39, 0.29) is 18.0 Å². The largest absolute Gasteiger partial charge is 0.497 e. The second-order valence-electron chi connectivity index (χ2n) is 6.35. The number of carbonyl (C=O) groups is 1. The van der Waals surface area contributed by atoms with Gasteiger partial charge in [-0.3, -0.25) is 4.79 Å². The van der Waals surface area contributed by atoms with Crippen molar-refractivity contribution in [2.75, 3.05) is 13.7 Å². The maximum atomic E-state index is 13.2. The average molecular weight is 418 g/mol. The van der Waals surface area contributed by atoms with Crippen molar-refractivity contribution in [2.24, 2.45) is 5.10 Å². The zero-order chi connectivity index (χ0) is 21.3. The summed E-state index contributed by atoms with van der Waals surface area (Å²) in [5.74, 6) is 0.0646. The minimum atomic E-state index is -3.90. The number of hydrazone groups is 1. The maximum absolute atomic E-state index is 13.2. The number of nitrogens with zero attached hydrogens (tertiary/aromatic N) is 2. The van der Waals surface area contributed by atoms with Crippen LogP contribution in [-0.2, 0) is 21.4 Å². The molecule has 2 rings (SSSR count). The third-order valence-corrected chi connectivity index (χ3v) is 6.18. The van der Waals surface area contributed by atoms with Crippen LogP contribution in [0.3, 0.4) is 0 Å². The molecule has 1 N–H and O–H groups in total. The fourth-order valence-corrected chi connectivity index (χ4v) is 4.04. The molecule has 0 saturated heterocycles. The van der Waals surface area contributed by atoms with Crippen molar-refractivity contribution in [3.05, 3.63) is 60.2 Å². The van der Waals surface area contributed by atoms with Gasteiger partial charge in [-0.15, -0.1) is 0 Å². The van der Waals surface area contributed by atoms with Gasteiger partial charge in [0.2, 0.25) is 10.0 Å². The molecular weight excluding hydrogens is 390 g/mol. The van der Waals surface area contributed by atoms with Crippen LogP contribution in [0.5, 0.6) is 5.75 Å². The van der Waals surface area contributed by atoms with Gasteiger partial charge in [-0.25, -0.2) is 13.8 Å². The van der Waals surface area contributed by atoms with Gasteiger partial charge in [-0.05, 0) is 42.7 Å². The third-order valence-electron chi connectivity index (χ3n) is 4.37. The molecule has 156 valence electrons. The molecule has 0 saturated carbocycles. The number of ether oxygens (including phenoxy) is 1. The Morgan fingerprint density at radius 1 is 1.03 bits per heavy atom. The molecule has 0 spiro atoms. The van der Waals surface area contributed by atoms with Crippen molar-refractivity contribution in [3.63, 3.8) is 0 Å². The van der Waals surface area contributed by atoms with Crippen LogP contribution >= 0.6 is 0 Å². The highest BCUT2D eigenvalue weighted by atomic mass is 32.2. The number of hydrogen-bond donors (Lipinski definition) is 1. The number of methoxy groups -OCH3 is 1. The highest BCUT2D eigenvalue weighted by Gasteiger charge is 2.27. The first-order valence-electron chi connectivity index (χ1n) is 9.43. The Labute approximate surface area is 172 Å². The van der Waals surface area contributed by atoms with Crippen molar-refractivity contribution < 1.29 is 17.9 Å². The molecular formula is C21H27N3O4S. The van der Waals surface area contributed by atoms with E-state index in [9.17, 15) is 13.2 Å². The summed E-state index contributed by atoms with van der Waals surface area (Å²) in [7, 11) is -2.39. The van der Waals surface area contributed by atoms with Crippen LogP contribution in [-0.4, -0.2) is 38.0 Å². The molecule has 0 radical (unpaired) electrons. The maximum Gasteiger partial charge on any atom is 0.255 e. The molecule has 2 aromatic carbocycles. The first-order chi connectivity index (χ1) is 13.9. The molecule has 0 atom stereocenters. The summed E-state index contributed by atoms with van der Waals surface area (Å²) < 4.78 is 32.6. The van der Waals surface area contributed by atoms with Gasteiger partial charge in [0, 0.05) is 12.3 Å². The second kappa shape index (κ2) is 10.7. The van der Waals surface area contributed by atoms with Gasteiger partial charge in [0.1, 0.15) is 5.75 Å². The SMILES string of the molecule is CCC(CC)=NNC(=O)CN(Cc1ccccc1)S(=O)(=O)c1ccc(OC)cc1. The topological polar surface area (TPSA) is 88.1 Å². The van der Waals surface area contributed by atoms with E-state index < -0.39 is 15.9 Å². The molecule has 0 heterocycles. The van der Waals surface area contributed by atoms with E-state index in [0.29, 0.717) is 18.6 Å². The Bertz CT molecular complexity index is 920. The van der Waals surface area contributed by atoms with Crippen LogP contribution in [0.1, 0.15) is 32.3 Å². The van der Waals surface area contributed by atoms with Gasteiger partial charge in [0.15, 0.2) is 0 Å². The fourth-order valence-electron chi connectivity index (χ4n) is 2.65. The number of carbonyl (C=O) groups excluding carboxylic acids is 1. The van der Waals surface area contributed by atoms with Crippen LogP contribution in [0.2, 0.25) is 0 Å². The minimum absolute atomic E-state index is 0.0702. The highest BCUT2D eigenvalue weighted by Crippen LogP contribution is 2.21. The molecule has 2 aromatic rings. The lowest BCUT2D eigenvalue weighted by Gasteiger charge is -2.21. The van der Waals surface area contributed by atoms with Crippen LogP contribution in [0, 0.1) is 0 Å². The predicted octanol–water partition coefficient (Wildman–Crippen LogP) is 3.18. The molecule has 29 heavy (non-hydrogen) atoms. The number of nitrogens with one attached hydrogen (secondary N) is 1. The fraction of sp³-hybridized carbons (Fsp3) is 0.333. The first kappa shape index (κ1) is 22.6. The molecule has 0 aromatic heterocycles. The lowest BCUT2D eigenvalue weighted by molar-refractivity contribution is -0.121. The van der Waals surface area contributed by atoms with Crippen molar-refractivity contribution in [1.29, 1.82) is 0 Å². The molecule has 0 aliphatic rings. The Morgan fingerprint density at radius 3 is 2.21 bits per heavy atom. The summed E-state index contributed by atoms with van der Waals surface area (Å²) >= 11 is 0. The number of amides is 1. The van der Waals surface area contributed by atoms with Crippen LogP contribution < -0.4 is 10.2 Å². The van der Waals surface area contributed by atoms with E-state index in [1.807, 2.05) is 44.2 Å². The minimum Gasteiger partial charge on any atom is -0.497 e. The first-order valence-corrected chi connectivity index (χ1v) is 10.9. The normalized spacial score (nSPS) is 11.2. The summed E-state index contributed by atoms with van der Waals surface area (Å²) in [5, 5.41) is 4.08. The predicted molar refractivity (Wildman–Crippen MR) is 113 cm³/mol. The van der Waals surface area contributed by atoms with Crippen LogP contribution in [0.15, 0.2) is 64.6 Å². The van der Waals surface area contributed by atoms with Crippen LogP contribution in [0.25, 0.3) is 0 Å². The van der Waals surface area contributed by atoms with Gasteiger partial charge in [-0.1, -0.05) is 44.2 Å². The molecule has 0 bridgehead atoms. The monoisotopic (exact) mass is 417 g/mol. The van der Waals surface area contributed by atoms with Gasteiger partial charge in [0.25, 0.3) is 5.91 Å². The molecule has 0 fully saturated rings. The average Bonchev–Trinajstić information content (AvgIpc) is 2.74. The second-order valence-corrected chi connectivity index (χ2v) is 8.29. The van der Waals surface area contributed by atoms with E-state index >= 15 is 0 Å². The zero-order valence-electron chi connectivity index (χ0n) is 17.0. The van der Waals surface area contributed by atoms with Crippen molar-refractivity contribution in [2.45, 2.75) is 38.1 Å². The standard InChI is InChI=1S/C21H27N3O4S/c1-4-18(5-2)22-23-21(25)16-24(15-17-9-7-6-8-10-17)29(26,27)20-13-11-19(28-3)12-14-20/h6-14H,4-5,15-16H2,1-3H3,(H,23,25). The van der Waals surface area contributed by atoms with Gasteiger partial charge < -0.3 is 4.74 Å². The smallest absolute Gasteiger partial charge is 0.255 e. The lowest BCUT2D eigenvalue weighted by Crippen LogP contribution is -2.39. The Kier molecular flexibility index (Phi) is 8.35. The molecule has 0 unspecified atom stereocenters. The summed E-state index contributed by atoms with van der Waals surface area (Å²) in [6, 6.07) is 15.2. The number of sulfonamides is 1. The molecule has 1 amide bonds. The Balaban J connectivity index is 2.28. The van der Waals surface area contributed by atoms with Gasteiger partial charge in [0.05, 0.1) is 18.6 Å². The zero-order valence-corrected chi connectivity index (χ0v) is 17.8. The van der Waals surface area contributed by atoms with E-state index in [4.69, 9.17) is 4.74 Å². The number of benzene rings is 2. The Morgan fingerprint density at radius 2 is 1.66 bits per heavy atom. The molecule has 7 nitrogen and oxygen atoms in total. The molecule has 0 aliphatic heterocycles. The van der Waals surface area contributed by atoms with E-state index in [0.717, 1.165) is 15.6 Å². The van der Waals surface area contributed by atoms with Gasteiger partial charge in [-0.2, -0.15) is 9.41 Å². The highest BCUT2D eigenvalue weighted by molar-refractivity contribution is 7.89. The van der Waals surface area contributed by atoms with E-state index in [1.165, 1.54) is 19.2 Å². The van der Waals surface area contributed by atoms with Crippen molar-refractivity contribution in [3.8, 4) is 5.75 Å². The Hall–Kier alpha value is -2.71. The van der Waals surface area contributed by atoms with Crippen molar-refractivity contribution >= 4 is 21.6 Å². The quantitative estimate of drug-likeness (QED) is 0.475. The van der Waals surface area contributed by atoms with Crippen LogP contribution in [0.4, 0.5) is 0 Å². The summed E-state index contributed by atoms with van der Waals surface area (Å²) in [6.45, 7) is 3.63. The van der Waals surface area contributed by atoms with E-state index in [1.54, 1.807) is 12.1 Å². The van der Waals surface area contributed by atoms with Crippen molar-refractivity contribution in [1.82, 2.24) is 9.73 Å². The molecule has 0 aliphatic carbocycles. The number of hydrogen-bond acceptors (Lipinski definition) is 5. The summed E-state index contributed by atoms with van der Waals surface area (Å²) in [4.78, 5) is 12.5. The van der Waals surface area contributed by atoms with E-state index in [2.05, 4.69) is 10.5 Å². The number of rotatable bonds is 10.